The molecule has 0 aliphatic carbocycles. The van der Waals surface area contributed by atoms with Gasteiger partial charge in [-0.1, -0.05) is 176 Å². The molecule has 0 saturated carbocycles. The van der Waals surface area contributed by atoms with Crippen LogP contribution in [0.15, 0.2) is 188 Å². The van der Waals surface area contributed by atoms with Crippen molar-refractivity contribution in [3.05, 3.63) is 194 Å². The molecule has 7 heteroatoms. The molecule has 0 radical (unpaired) electrons. The second kappa shape index (κ2) is 15.2. The van der Waals surface area contributed by atoms with E-state index in [0.29, 0.717) is 46.1 Å². The van der Waals surface area contributed by atoms with Crippen molar-refractivity contribution in [2.24, 2.45) is 0 Å². The molecule has 9 aromatic rings. The third-order valence-electron chi connectivity index (χ3n) is 9.49. The monoisotopic (exact) mass is 717 g/mol. The number of hydrogen-bond donors (Lipinski definition) is 0. The summed E-state index contributed by atoms with van der Waals surface area (Å²) in [5.74, 6) is 3.34. The van der Waals surface area contributed by atoms with Gasteiger partial charge in [-0.05, 0) is 34.4 Å². The molecule has 0 atom stereocenters. The first-order chi connectivity index (χ1) is 27.7. The Morgan fingerprint density at radius 1 is 0.250 bits per heavy atom. The second-order valence-corrected chi connectivity index (χ2v) is 13.1. The summed E-state index contributed by atoms with van der Waals surface area (Å²) in [5.41, 5.74) is 9.95. The van der Waals surface area contributed by atoms with Crippen LogP contribution in [0.1, 0.15) is 5.56 Å². The highest BCUT2D eigenvalue weighted by atomic mass is 15.0. The zero-order valence-electron chi connectivity index (χ0n) is 30.0. The lowest BCUT2D eigenvalue weighted by molar-refractivity contribution is 1.07. The maximum absolute atomic E-state index is 9.80. The van der Waals surface area contributed by atoms with Crippen LogP contribution < -0.4 is 0 Å². The summed E-state index contributed by atoms with van der Waals surface area (Å²) in [4.78, 5) is 29.3. The molecule has 0 N–H and O–H groups in total. The van der Waals surface area contributed by atoms with Gasteiger partial charge in [0.05, 0.1) is 11.6 Å². The first kappa shape index (κ1) is 33.9. The zero-order chi connectivity index (χ0) is 37.7. The summed E-state index contributed by atoms with van der Waals surface area (Å²) in [6.07, 6.45) is 0. The van der Waals surface area contributed by atoms with Crippen molar-refractivity contribution in [3.63, 3.8) is 0 Å². The van der Waals surface area contributed by atoms with Crippen LogP contribution in [0, 0.1) is 11.3 Å². The van der Waals surface area contributed by atoms with Gasteiger partial charge in [-0.3, -0.25) is 0 Å². The van der Waals surface area contributed by atoms with Crippen LogP contribution in [0.3, 0.4) is 0 Å². The number of nitrogens with zero attached hydrogens (tertiary/aromatic N) is 7. The van der Waals surface area contributed by atoms with Crippen LogP contribution in [0.2, 0.25) is 0 Å². The van der Waals surface area contributed by atoms with Crippen molar-refractivity contribution in [1.82, 2.24) is 29.9 Å². The maximum atomic E-state index is 9.80. The predicted octanol–water partition coefficient (Wildman–Crippen LogP) is 11.3. The van der Waals surface area contributed by atoms with E-state index in [0.717, 1.165) is 50.1 Å². The zero-order valence-corrected chi connectivity index (χ0v) is 30.0. The number of hydrogen-bond acceptors (Lipinski definition) is 7. The molecule has 0 aliphatic rings. The highest BCUT2D eigenvalue weighted by molar-refractivity contribution is 5.75. The SMILES string of the molecule is N#Cc1ccccc1-c1nc(-c2ccccc2)nc(-c2ccc(-c3ccc(-c4nc(-c5ccccc5)nc(-c5ccc(-c6ccccc6)cc5)n4)cc3)cc2)n1. The topological polar surface area (TPSA) is 101 Å². The lowest BCUT2D eigenvalue weighted by Crippen LogP contribution is -2.01. The Bertz CT molecular complexity index is 2820. The van der Waals surface area contributed by atoms with Gasteiger partial charge in [0.2, 0.25) is 0 Å². The van der Waals surface area contributed by atoms with E-state index in [1.807, 2.05) is 121 Å². The molecule has 2 aromatic heterocycles. The summed E-state index contributed by atoms with van der Waals surface area (Å²) in [7, 11) is 0. The lowest BCUT2D eigenvalue weighted by atomic mass is 10.0. The predicted molar refractivity (Wildman–Crippen MR) is 221 cm³/mol. The Morgan fingerprint density at radius 2 is 0.500 bits per heavy atom. The third kappa shape index (κ3) is 7.06. The molecule has 0 bridgehead atoms. The van der Waals surface area contributed by atoms with Crippen LogP contribution in [0.25, 0.3) is 90.6 Å². The quantitative estimate of drug-likeness (QED) is 0.154. The van der Waals surface area contributed by atoms with Gasteiger partial charge >= 0.3 is 0 Å². The summed E-state index contributed by atoms with van der Waals surface area (Å²) in [6.45, 7) is 0. The Morgan fingerprint density at radius 3 is 0.857 bits per heavy atom. The molecule has 7 nitrogen and oxygen atoms in total. The number of benzene rings is 7. The van der Waals surface area contributed by atoms with E-state index < -0.39 is 0 Å². The van der Waals surface area contributed by atoms with Gasteiger partial charge in [-0.15, -0.1) is 0 Å². The molecule has 9 rings (SSSR count). The standard InChI is InChI=1S/C49H31N7/c50-32-42-18-10-11-19-43(42)49-55-45(38-16-8-3-9-17-38)53-48(56-49)41-30-24-36(25-31-41)35-22-28-40(29-23-35)47-52-44(37-14-6-2-7-15-37)51-46(54-47)39-26-20-34(21-27-39)33-12-4-1-5-13-33/h1-31H. The molecule has 0 aliphatic heterocycles. The number of nitriles is 1. The molecule has 2 heterocycles. The van der Waals surface area contributed by atoms with E-state index in [1.165, 1.54) is 0 Å². The number of rotatable bonds is 8. The van der Waals surface area contributed by atoms with E-state index in [2.05, 4.69) is 66.7 Å². The van der Waals surface area contributed by atoms with Crippen molar-refractivity contribution in [1.29, 1.82) is 5.26 Å². The van der Waals surface area contributed by atoms with Gasteiger partial charge in [0.1, 0.15) is 0 Å². The van der Waals surface area contributed by atoms with E-state index in [4.69, 9.17) is 29.9 Å². The van der Waals surface area contributed by atoms with Gasteiger partial charge in [0.15, 0.2) is 34.9 Å². The Balaban J connectivity index is 1.03. The van der Waals surface area contributed by atoms with Crippen molar-refractivity contribution in [2.75, 3.05) is 0 Å². The normalized spacial score (nSPS) is 10.8. The van der Waals surface area contributed by atoms with Gasteiger partial charge in [0.25, 0.3) is 0 Å². The van der Waals surface area contributed by atoms with Gasteiger partial charge in [0, 0.05) is 33.4 Å². The maximum Gasteiger partial charge on any atom is 0.165 e. The second-order valence-electron chi connectivity index (χ2n) is 13.1. The third-order valence-corrected chi connectivity index (χ3v) is 9.49. The minimum absolute atomic E-state index is 0.451. The van der Waals surface area contributed by atoms with Crippen molar-refractivity contribution in [3.8, 4) is 96.7 Å². The van der Waals surface area contributed by atoms with Crippen LogP contribution >= 0.6 is 0 Å². The molecule has 262 valence electrons. The summed E-state index contributed by atoms with van der Waals surface area (Å²) in [5, 5.41) is 9.80. The molecule has 0 spiro atoms. The molecule has 0 unspecified atom stereocenters. The van der Waals surface area contributed by atoms with Gasteiger partial charge in [-0.2, -0.15) is 5.26 Å². The van der Waals surface area contributed by atoms with Crippen LogP contribution in [-0.2, 0) is 0 Å². The molecule has 56 heavy (non-hydrogen) atoms. The summed E-state index contributed by atoms with van der Waals surface area (Å²) >= 11 is 0. The fourth-order valence-corrected chi connectivity index (χ4v) is 6.53. The fourth-order valence-electron chi connectivity index (χ4n) is 6.53. The first-order valence-electron chi connectivity index (χ1n) is 18.2. The highest BCUT2D eigenvalue weighted by Gasteiger charge is 2.16. The largest absolute Gasteiger partial charge is 0.208 e. The van der Waals surface area contributed by atoms with E-state index >= 15 is 0 Å². The molecule has 0 saturated heterocycles. The van der Waals surface area contributed by atoms with Crippen LogP contribution in [0.4, 0.5) is 0 Å². The molecule has 0 amide bonds. The minimum Gasteiger partial charge on any atom is -0.208 e. The molecular weight excluding hydrogens is 687 g/mol. The van der Waals surface area contributed by atoms with Crippen molar-refractivity contribution < 1.29 is 0 Å². The molecule has 0 fully saturated rings. The average Bonchev–Trinajstić information content (AvgIpc) is 3.29. The smallest absolute Gasteiger partial charge is 0.165 e. The van der Waals surface area contributed by atoms with E-state index in [1.54, 1.807) is 6.07 Å². The van der Waals surface area contributed by atoms with Gasteiger partial charge < -0.3 is 0 Å². The fraction of sp³-hybridized carbons (Fsp3) is 0. The van der Waals surface area contributed by atoms with E-state index in [9.17, 15) is 5.26 Å². The van der Waals surface area contributed by atoms with Crippen molar-refractivity contribution >= 4 is 0 Å². The summed E-state index contributed by atoms with van der Waals surface area (Å²) < 4.78 is 0. The van der Waals surface area contributed by atoms with Crippen LogP contribution in [0.5, 0.6) is 0 Å². The number of aromatic nitrogens is 6. The summed E-state index contributed by atoms with van der Waals surface area (Å²) in [6, 6.07) is 64.5. The Hall–Kier alpha value is -7.95. The Kier molecular flexibility index (Phi) is 9.18. The minimum atomic E-state index is 0.451. The highest BCUT2D eigenvalue weighted by Crippen LogP contribution is 2.31. The lowest BCUT2D eigenvalue weighted by Gasteiger charge is -2.10. The van der Waals surface area contributed by atoms with Crippen LogP contribution in [-0.4, -0.2) is 29.9 Å². The van der Waals surface area contributed by atoms with Crippen molar-refractivity contribution in [2.45, 2.75) is 0 Å². The molecular formula is C49H31N7. The molecule has 7 aromatic carbocycles. The van der Waals surface area contributed by atoms with Gasteiger partial charge in [-0.25, -0.2) is 29.9 Å². The first-order valence-corrected chi connectivity index (χ1v) is 18.2. The Labute approximate surface area is 324 Å². The van der Waals surface area contributed by atoms with E-state index in [-0.39, 0.29) is 0 Å². The average molecular weight is 718 g/mol.